The van der Waals surface area contributed by atoms with Crippen molar-refractivity contribution in [3.8, 4) is 0 Å². The van der Waals surface area contributed by atoms with Crippen LogP contribution in [0.5, 0.6) is 0 Å². The molecule has 2 heterocycles. The van der Waals surface area contributed by atoms with Crippen molar-refractivity contribution in [3.63, 3.8) is 0 Å². The first-order chi connectivity index (χ1) is 8.83. The van der Waals surface area contributed by atoms with Crippen molar-refractivity contribution in [1.29, 1.82) is 0 Å². The summed E-state index contributed by atoms with van der Waals surface area (Å²) in [4.78, 5) is 8.56. The minimum absolute atomic E-state index is 0.285. The van der Waals surface area contributed by atoms with E-state index in [1.807, 2.05) is 37.8 Å². The lowest BCUT2D eigenvalue weighted by Gasteiger charge is -2.16. The van der Waals surface area contributed by atoms with Crippen molar-refractivity contribution >= 4 is 0 Å². The number of nitrogens with one attached hydrogen (secondary N) is 1. The summed E-state index contributed by atoms with van der Waals surface area (Å²) in [6, 6.07) is 8.64. The third-order valence-corrected chi connectivity index (χ3v) is 3.16. The van der Waals surface area contributed by atoms with E-state index in [0.717, 1.165) is 18.5 Å². The van der Waals surface area contributed by atoms with Crippen LogP contribution in [0, 0.1) is 0 Å². The summed E-state index contributed by atoms with van der Waals surface area (Å²) >= 11 is 0. The van der Waals surface area contributed by atoms with Crippen LogP contribution >= 0.6 is 0 Å². The fraction of sp³-hybridized carbons (Fsp3) is 0.333. The number of hydrogen-bond donors (Lipinski definition) is 1. The van der Waals surface area contributed by atoms with Gasteiger partial charge in [0.1, 0.15) is 0 Å². The summed E-state index contributed by atoms with van der Waals surface area (Å²) in [5, 5.41) is 3.33. The molecule has 1 unspecified atom stereocenters. The number of pyridine rings is 2. The van der Waals surface area contributed by atoms with Gasteiger partial charge in [-0.2, -0.15) is 0 Å². The molecule has 0 saturated carbocycles. The number of likely N-dealkylation sites (N-methyl/N-ethyl adjacent to an activating group) is 1. The molecule has 0 bridgehead atoms. The predicted octanol–water partition coefficient (Wildman–Crippen LogP) is 2.54. The van der Waals surface area contributed by atoms with Gasteiger partial charge in [-0.25, -0.2) is 0 Å². The van der Waals surface area contributed by atoms with E-state index in [1.165, 1.54) is 11.1 Å². The van der Waals surface area contributed by atoms with E-state index in [2.05, 4.69) is 34.3 Å². The zero-order valence-corrected chi connectivity index (χ0v) is 10.9. The molecule has 2 aromatic heterocycles. The number of hydrogen-bond acceptors (Lipinski definition) is 3. The molecule has 1 N–H and O–H groups in total. The van der Waals surface area contributed by atoms with Gasteiger partial charge in [0.05, 0.1) is 0 Å². The Hall–Kier alpha value is -1.74. The van der Waals surface area contributed by atoms with E-state index in [1.54, 1.807) is 0 Å². The molecule has 0 aliphatic rings. The standard InChI is InChI=1S/C15H19N3/c1-3-12-4-5-14(18-11-12)10-15(16-2)13-6-8-17-9-7-13/h4-9,11,15-16H,3,10H2,1-2H3. The summed E-state index contributed by atoms with van der Waals surface area (Å²) in [5.74, 6) is 0. The fourth-order valence-electron chi connectivity index (χ4n) is 1.98. The molecule has 2 aromatic rings. The molecule has 3 heteroatoms. The van der Waals surface area contributed by atoms with Crippen LogP contribution in [-0.2, 0) is 12.8 Å². The highest BCUT2D eigenvalue weighted by molar-refractivity contribution is 5.20. The first-order valence-electron chi connectivity index (χ1n) is 6.34. The molecular weight excluding hydrogens is 222 g/mol. The number of aryl methyl sites for hydroxylation is 1. The van der Waals surface area contributed by atoms with Crippen LogP contribution in [-0.4, -0.2) is 17.0 Å². The lowest BCUT2D eigenvalue weighted by molar-refractivity contribution is 0.583. The van der Waals surface area contributed by atoms with E-state index < -0.39 is 0 Å². The van der Waals surface area contributed by atoms with Gasteiger partial charge in [-0.1, -0.05) is 13.0 Å². The summed E-state index contributed by atoms with van der Waals surface area (Å²) in [6.45, 7) is 2.14. The van der Waals surface area contributed by atoms with Gasteiger partial charge in [-0.05, 0) is 42.8 Å². The van der Waals surface area contributed by atoms with Crippen LogP contribution in [0.15, 0.2) is 42.9 Å². The molecule has 18 heavy (non-hydrogen) atoms. The SMILES string of the molecule is CCc1ccc(CC(NC)c2ccncc2)nc1. The Morgan fingerprint density at radius 1 is 1.17 bits per heavy atom. The lowest BCUT2D eigenvalue weighted by Crippen LogP contribution is -2.19. The van der Waals surface area contributed by atoms with Crippen LogP contribution in [0.25, 0.3) is 0 Å². The first kappa shape index (κ1) is 12.7. The van der Waals surface area contributed by atoms with Crippen molar-refractivity contribution < 1.29 is 0 Å². The van der Waals surface area contributed by atoms with Gasteiger partial charge in [0, 0.05) is 36.7 Å². The highest BCUT2D eigenvalue weighted by Crippen LogP contribution is 2.16. The number of aromatic nitrogens is 2. The van der Waals surface area contributed by atoms with Crippen LogP contribution in [0.1, 0.15) is 29.8 Å². The Balaban J connectivity index is 2.10. The quantitative estimate of drug-likeness (QED) is 0.874. The predicted molar refractivity (Wildman–Crippen MR) is 73.4 cm³/mol. The zero-order valence-electron chi connectivity index (χ0n) is 10.9. The van der Waals surface area contributed by atoms with Crippen LogP contribution in [0.2, 0.25) is 0 Å². The molecule has 0 aliphatic heterocycles. The van der Waals surface area contributed by atoms with E-state index in [9.17, 15) is 0 Å². The molecular formula is C15H19N3. The highest BCUT2D eigenvalue weighted by Gasteiger charge is 2.10. The minimum atomic E-state index is 0.285. The van der Waals surface area contributed by atoms with Crippen LogP contribution in [0.4, 0.5) is 0 Å². The first-order valence-corrected chi connectivity index (χ1v) is 6.34. The average Bonchev–Trinajstić information content (AvgIpc) is 2.46. The fourth-order valence-corrected chi connectivity index (χ4v) is 1.98. The Morgan fingerprint density at radius 2 is 1.94 bits per heavy atom. The maximum Gasteiger partial charge on any atom is 0.0422 e. The molecule has 0 saturated heterocycles. The smallest absolute Gasteiger partial charge is 0.0422 e. The van der Waals surface area contributed by atoms with Gasteiger partial charge in [-0.15, -0.1) is 0 Å². The Kier molecular flexibility index (Phi) is 4.42. The Morgan fingerprint density at radius 3 is 2.50 bits per heavy atom. The minimum Gasteiger partial charge on any atom is -0.313 e. The van der Waals surface area contributed by atoms with Gasteiger partial charge in [0.15, 0.2) is 0 Å². The lowest BCUT2D eigenvalue weighted by atomic mass is 10.0. The zero-order chi connectivity index (χ0) is 12.8. The van der Waals surface area contributed by atoms with Crippen molar-refractivity contribution in [3.05, 3.63) is 59.7 Å². The summed E-state index contributed by atoms with van der Waals surface area (Å²) in [6.07, 6.45) is 7.55. The van der Waals surface area contributed by atoms with E-state index in [-0.39, 0.29) is 6.04 Å². The van der Waals surface area contributed by atoms with Crippen LogP contribution in [0.3, 0.4) is 0 Å². The second-order valence-electron chi connectivity index (χ2n) is 4.34. The summed E-state index contributed by atoms with van der Waals surface area (Å²) in [7, 11) is 1.98. The van der Waals surface area contributed by atoms with Gasteiger partial charge < -0.3 is 5.32 Å². The highest BCUT2D eigenvalue weighted by atomic mass is 14.9. The topological polar surface area (TPSA) is 37.8 Å². The van der Waals surface area contributed by atoms with Gasteiger partial charge in [-0.3, -0.25) is 9.97 Å². The number of nitrogens with zero attached hydrogens (tertiary/aromatic N) is 2. The third kappa shape index (κ3) is 3.14. The van der Waals surface area contributed by atoms with E-state index in [4.69, 9.17) is 0 Å². The molecule has 0 amide bonds. The third-order valence-electron chi connectivity index (χ3n) is 3.16. The average molecular weight is 241 g/mol. The molecule has 3 nitrogen and oxygen atoms in total. The normalized spacial score (nSPS) is 12.3. The Labute approximate surface area is 108 Å². The van der Waals surface area contributed by atoms with E-state index >= 15 is 0 Å². The molecule has 0 radical (unpaired) electrons. The Bertz CT molecular complexity index is 465. The van der Waals surface area contributed by atoms with Crippen molar-refractivity contribution in [2.45, 2.75) is 25.8 Å². The van der Waals surface area contributed by atoms with Crippen molar-refractivity contribution in [2.75, 3.05) is 7.05 Å². The van der Waals surface area contributed by atoms with Crippen molar-refractivity contribution in [1.82, 2.24) is 15.3 Å². The van der Waals surface area contributed by atoms with Crippen molar-refractivity contribution in [2.24, 2.45) is 0 Å². The largest absolute Gasteiger partial charge is 0.313 e. The molecule has 0 fully saturated rings. The maximum atomic E-state index is 4.51. The summed E-state index contributed by atoms with van der Waals surface area (Å²) < 4.78 is 0. The van der Waals surface area contributed by atoms with Crippen LogP contribution < -0.4 is 5.32 Å². The molecule has 1 atom stereocenters. The molecule has 0 aliphatic carbocycles. The summed E-state index contributed by atoms with van der Waals surface area (Å²) in [5.41, 5.74) is 3.64. The molecule has 94 valence electrons. The van der Waals surface area contributed by atoms with Gasteiger partial charge in [0.25, 0.3) is 0 Å². The molecule has 0 aromatic carbocycles. The number of rotatable bonds is 5. The van der Waals surface area contributed by atoms with Gasteiger partial charge in [0.2, 0.25) is 0 Å². The maximum absolute atomic E-state index is 4.51. The second-order valence-corrected chi connectivity index (χ2v) is 4.34. The molecule has 0 spiro atoms. The van der Waals surface area contributed by atoms with E-state index in [0.29, 0.717) is 0 Å². The second kappa shape index (κ2) is 6.26. The van der Waals surface area contributed by atoms with Gasteiger partial charge >= 0.3 is 0 Å². The monoisotopic (exact) mass is 241 g/mol. The molecule has 2 rings (SSSR count).